The van der Waals surface area contributed by atoms with E-state index in [0.29, 0.717) is 30.5 Å². The Balaban J connectivity index is 1.68. The molecule has 3 aromatic carbocycles. The molecule has 2 unspecified atom stereocenters. The first-order valence-electron chi connectivity index (χ1n) is 11.3. The molecule has 0 saturated carbocycles. The van der Waals surface area contributed by atoms with Crippen LogP contribution in [0.25, 0.3) is 0 Å². The van der Waals surface area contributed by atoms with Crippen LogP contribution in [0, 0.1) is 18.7 Å². The topological polar surface area (TPSA) is 49.4 Å². The van der Waals surface area contributed by atoms with E-state index in [1.54, 1.807) is 43.3 Å². The lowest BCUT2D eigenvalue weighted by atomic mass is 9.83. The number of aryl methyl sites for hydroxylation is 1. The van der Waals surface area contributed by atoms with Gasteiger partial charge in [-0.3, -0.25) is 9.59 Å². The first kappa shape index (κ1) is 24.4. The number of rotatable bonds is 4. The number of carbonyl (C=O) groups is 2. The predicted octanol–water partition coefficient (Wildman–Crippen LogP) is 6.39. The van der Waals surface area contributed by atoms with Crippen LogP contribution in [0.4, 0.5) is 23.2 Å². The van der Waals surface area contributed by atoms with Gasteiger partial charge in [-0.1, -0.05) is 48.5 Å². The second kappa shape index (κ2) is 9.90. The molecule has 0 bridgehead atoms. The number of alkyl halides is 3. The van der Waals surface area contributed by atoms with Gasteiger partial charge in [0.1, 0.15) is 5.82 Å². The van der Waals surface area contributed by atoms with Gasteiger partial charge in [0.15, 0.2) is 0 Å². The van der Waals surface area contributed by atoms with Crippen LogP contribution < -0.4 is 5.32 Å². The summed E-state index contributed by atoms with van der Waals surface area (Å²) in [5.41, 5.74) is 0.277. The normalized spacial score (nSPS) is 18.3. The standard InChI is InChI=1S/C27H24F4N2O2/c1-17-8-5-14-22(28)23(17)26(35)33-15-7-13-21(24(33)18-9-3-2-4-10-18)25(34)32-20-12-6-11-19(16-20)27(29,30)31/h2-6,8-12,14,16,21,24H,7,13,15H2,1H3,(H,32,34). The minimum atomic E-state index is -4.54. The molecule has 35 heavy (non-hydrogen) atoms. The fourth-order valence-corrected chi connectivity index (χ4v) is 4.62. The van der Waals surface area contributed by atoms with E-state index in [1.807, 2.05) is 0 Å². The van der Waals surface area contributed by atoms with E-state index in [9.17, 15) is 27.2 Å². The molecule has 1 heterocycles. The van der Waals surface area contributed by atoms with Crippen molar-refractivity contribution < 1.29 is 27.2 Å². The average Bonchev–Trinajstić information content (AvgIpc) is 2.83. The largest absolute Gasteiger partial charge is 0.416 e. The number of anilines is 1. The number of piperidine rings is 1. The molecule has 2 atom stereocenters. The number of amides is 2. The maximum Gasteiger partial charge on any atom is 0.416 e. The van der Waals surface area contributed by atoms with Gasteiger partial charge in [-0.25, -0.2) is 4.39 Å². The number of hydrogen-bond acceptors (Lipinski definition) is 2. The summed E-state index contributed by atoms with van der Waals surface area (Å²) in [5.74, 6) is -2.40. The molecule has 1 aliphatic heterocycles. The van der Waals surface area contributed by atoms with E-state index in [1.165, 1.54) is 29.2 Å². The predicted molar refractivity (Wildman–Crippen MR) is 124 cm³/mol. The van der Waals surface area contributed by atoms with Gasteiger partial charge < -0.3 is 10.2 Å². The zero-order valence-corrected chi connectivity index (χ0v) is 19.0. The lowest BCUT2D eigenvalue weighted by Gasteiger charge is -2.41. The molecule has 0 radical (unpaired) electrons. The molecule has 0 aliphatic carbocycles. The Bertz CT molecular complexity index is 1210. The number of halogens is 4. The van der Waals surface area contributed by atoms with Crippen molar-refractivity contribution in [3.63, 3.8) is 0 Å². The number of carbonyl (C=O) groups excluding carboxylic acids is 2. The number of likely N-dealkylation sites (tertiary alicyclic amines) is 1. The van der Waals surface area contributed by atoms with E-state index in [4.69, 9.17) is 0 Å². The SMILES string of the molecule is Cc1cccc(F)c1C(=O)N1CCCC(C(=O)Nc2cccc(C(F)(F)F)c2)C1c1ccccc1. The summed E-state index contributed by atoms with van der Waals surface area (Å²) < 4.78 is 54.0. The third kappa shape index (κ3) is 5.21. The van der Waals surface area contributed by atoms with Crippen LogP contribution >= 0.6 is 0 Å². The Labute approximate surface area is 200 Å². The number of hydrogen-bond donors (Lipinski definition) is 1. The van der Waals surface area contributed by atoms with E-state index >= 15 is 0 Å². The van der Waals surface area contributed by atoms with Crippen molar-refractivity contribution in [3.05, 3.63) is 101 Å². The van der Waals surface area contributed by atoms with Gasteiger partial charge in [0.2, 0.25) is 5.91 Å². The quantitative estimate of drug-likeness (QED) is 0.437. The van der Waals surface area contributed by atoms with Crippen molar-refractivity contribution in [1.29, 1.82) is 0 Å². The number of nitrogens with one attached hydrogen (secondary N) is 1. The molecule has 1 N–H and O–H groups in total. The average molecular weight is 484 g/mol. The zero-order valence-electron chi connectivity index (χ0n) is 19.0. The molecule has 4 rings (SSSR count). The monoisotopic (exact) mass is 484 g/mol. The zero-order chi connectivity index (χ0) is 25.2. The molecular weight excluding hydrogens is 460 g/mol. The van der Waals surface area contributed by atoms with Crippen LogP contribution in [0.15, 0.2) is 72.8 Å². The highest BCUT2D eigenvalue weighted by Crippen LogP contribution is 2.39. The van der Waals surface area contributed by atoms with Gasteiger partial charge in [0, 0.05) is 12.2 Å². The van der Waals surface area contributed by atoms with Crippen LogP contribution in [-0.4, -0.2) is 23.3 Å². The molecule has 0 spiro atoms. The van der Waals surface area contributed by atoms with Gasteiger partial charge in [-0.05, 0) is 55.2 Å². The van der Waals surface area contributed by atoms with E-state index in [-0.39, 0.29) is 11.3 Å². The van der Waals surface area contributed by atoms with Crippen LogP contribution in [0.2, 0.25) is 0 Å². The van der Waals surface area contributed by atoms with Gasteiger partial charge in [-0.2, -0.15) is 13.2 Å². The van der Waals surface area contributed by atoms with Crippen LogP contribution in [0.5, 0.6) is 0 Å². The summed E-state index contributed by atoms with van der Waals surface area (Å²) in [5, 5.41) is 2.59. The van der Waals surface area contributed by atoms with Crippen molar-refractivity contribution in [3.8, 4) is 0 Å². The molecule has 3 aromatic rings. The first-order chi connectivity index (χ1) is 16.7. The summed E-state index contributed by atoms with van der Waals surface area (Å²) in [4.78, 5) is 28.4. The molecule has 4 nitrogen and oxygen atoms in total. The minimum absolute atomic E-state index is 0.0186. The molecule has 2 amide bonds. The highest BCUT2D eigenvalue weighted by atomic mass is 19.4. The molecule has 182 valence electrons. The third-order valence-electron chi connectivity index (χ3n) is 6.26. The Kier molecular flexibility index (Phi) is 6.91. The van der Waals surface area contributed by atoms with Gasteiger partial charge in [0.25, 0.3) is 5.91 Å². The van der Waals surface area contributed by atoms with Gasteiger partial charge in [0.05, 0.1) is 23.1 Å². The van der Waals surface area contributed by atoms with Crippen molar-refractivity contribution >= 4 is 17.5 Å². The molecule has 1 saturated heterocycles. The fourth-order valence-electron chi connectivity index (χ4n) is 4.62. The summed E-state index contributed by atoms with van der Waals surface area (Å²) >= 11 is 0. The van der Waals surface area contributed by atoms with Crippen LogP contribution in [0.3, 0.4) is 0 Å². The number of nitrogens with zero attached hydrogens (tertiary/aromatic N) is 1. The van der Waals surface area contributed by atoms with Crippen LogP contribution in [-0.2, 0) is 11.0 Å². The maximum absolute atomic E-state index is 14.6. The fraction of sp³-hybridized carbons (Fsp3) is 0.259. The Morgan fingerprint density at radius 2 is 1.69 bits per heavy atom. The van der Waals surface area contributed by atoms with Gasteiger partial charge in [-0.15, -0.1) is 0 Å². The van der Waals surface area contributed by atoms with Crippen molar-refractivity contribution in [2.75, 3.05) is 11.9 Å². The molecule has 1 aliphatic rings. The Hall–Kier alpha value is -3.68. The second-order valence-corrected chi connectivity index (χ2v) is 8.60. The molecule has 1 fully saturated rings. The molecular formula is C27H24F4N2O2. The highest BCUT2D eigenvalue weighted by Gasteiger charge is 2.40. The summed E-state index contributed by atoms with van der Waals surface area (Å²) in [6.07, 6.45) is -3.63. The van der Waals surface area contributed by atoms with E-state index < -0.39 is 41.3 Å². The summed E-state index contributed by atoms with van der Waals surface area (Å²) in [6, 6.07) is 17.1. The highest BCUT2D eigenvalue weighted by molar-refractivity contribution is 5.98. The van der Waals surface area contributed by atoms with Crippen LogP contribution in [0.1, 0.15) is 45.9 Å². The van der Waals surface area contributed by atoms with E-state index in [2.05, 4.69) is 5.32 Å². The molecule has 8 heteroatoms. The lowest BCUT2D eigenvalue weighted by Crippen LogP contribution is -2.46. The lowest BCUT2D eigenvalue weighted by molar-refractivity contribution is -0.137. The van der Waals surface area contributed by atoms with Crippen molar-refractivity contribution in [2.24, 2.45) is 5.92 Å². The molecule has 0 aromatic heterocycles. The first-order valence-corrected chi connectivity index (χ1v) is 11.3. The maximum atomic E-state index is 14.6. The smallest absolute Gasteiger partial charge is 0.331 e. The Morgan fingerprint density at radius 3 is 2.37 bits per heavy atom. The summed E-state index contributed by atoms with van der Waals surface area (Å²) in [6.45, 7) is 1.97. The second-order valence-electron chi connectivity index (χ2n) is 8.60. The number of benzene rings is 3. The summed E-state index contributed by atoms with van der Waals surface area (Å²) in [7, 11) is 0. The minimum Gasteiger partial charge on any atom is -0.331 e. The van der Waals surface area contributed by atoms with Crippen molar-refractivity contribution in [2.45, 2.75) is 32.0 Å². The van der Waals surface area contributed by atoms with Gasteiger partial charge >= 0.3 is 6.18 Å². The van der Waals surface area contributed by atoms with E-state index in [0.717, 1.165) is 12.1 Å². The van der Waals surface area contributed by atoms with Crippen molar-refractivity contribution in [1.82, 2.24) is 4.90 Å². The third-order valence-corrected chi connectivity index (χ3v) is 6.26. The Morgan fingerprint density at radius 1 is 0.971 bits per heavy atom.